The summed E-state index contributed by atoms with van der Waals surface area (Å²) in [6.45, 7) is 7.19. The molecule has 2 heteroatoms. The summed E-state index contributed by atoms with van der Waals surface area (Å²) in [7, 11) is 0. The molecule has 0 heterocycles. The topological polar surface area (TPSA) is 0 Å². The van der Waals surface area contributed by atoms with Gasteiger partial charge in [0.2, 0.25) is 0 Å². The molecule has 0 saturated heterocycles. The Bertz CT molecular complexity index is 168. The van der Waals surface area contributed by atoms with Gasteiger partial charge in [-0.2, -0.15) is 0 Å². The van der Waals surface area contributed by atoms with E-state index in [1.807, 2.05) is 6.92 Å². The molecule has 0 saturated carbocycles. The van der Waals surface area contributed by atoms with Crippen LogP contribution in [0.1, 0.15) is 20.3 Å². The summed E-state index contributed by atoms with van der Waals surface area (Å²) in [4.78, 5) is 0. The van der Waals surface area contributed by atoms with Crippen LogP contribution in [0.15, 0.2) is 36.2 Å². The molecular weight excluding hydrogens is 254 g/mol. The van der Waals surface area contributed by atoms with E-state index in [1.54, 1.807) is 13.0 Å². The second kappa shape index (κ2) is 7.98. The molecule has 11 heavy (non-hydrogen) atoms. The van der Waals surface area contributed by atoms with Crippen molar-refractivity contribution < 1.29 is 4.39 Å². The van der Waals surface area contributed by atoms with Crippen molar-refractivity contribution in [2.45, 2.75) is 20.3 Å². The first-order chi connectivity index (χ1) is 4.74. The third-order valence-electron chi connectivity index (χ3n) is 1.27. The zero-order chi connectivity index (χ0) is 7.98. The highest BCUT2D eigenvalue weighted by molar-refractivity contribution is 14.0. The van der Waals surface area contributed by atoms with E-state index in [0.29, 0.717) is 0 Å². The zero-order valence-electron chi connectivity index (χ0n) is 6.93. The average molecular weight is 268 g/mol. The van der Waals surface area contributed by atoms with Crippen LogP contribution in [-0.2, 0) is 0 Å². The standard InChI is InChI=1S/C9H13F.HI/c1-4-8(5-2)7-9(10)6-3;/h4,6-7H,1,5H2,2-3H3;1H/b8-7+,9-6+;. The Labute approximate surface area is 84.9 Å². The lowest BCUT2D eigenvalue weighted by molar-refractivity contribution is 0.663. The molecule has 0 aromatic carbocycles. The molecule has 0 N–H and O–H groups in total. The van der Waals surface area contributed by atoms with E-state index in [9.17, 15) is 4.39 Å². The molecule has 0 aliphatic heterocycles. The van der Waals surface area contributed by atoms with Gasteiger partial charge < -0.3 is 0 Å². The van der Waals surface area contributed by atoms with Crippen LogP contribution in [0.25, 0.3) is 0 Å². The number of hydrogen-bond donors (Lipinski definition) is 0. The van der Waals surface area contributed by atoms with E-state index in [-0.39, 0.29) is 29.8 Å². The molecule has 0 bridgehead atoms. The molecule has 0 aromatic heterocycles. The normalized spacial score (nSPS) is 12.3. The van der Waals surface area contributed by atoms with Crippen LogP contribution >= 0.6 is 24.0 Å². The van der Waals surface area contributed by atoms with E-state index >= 15 is 0 Å². The predicted molar refractivity (Wildman–Crippen MR) is 58.9 cm³/mol. The minimum atomic E-state index is -0.197. The first kappa shape index (κ1) is 13.5. The Balaban J connectivity index is 0. The molecule has 0 fully saturated rings. The molecule has 0 radical (unpaired) electrons. The maximum atomic E-state index is 12.5. The van der Waals surface area contributed by atoms with Gasteiger partial charge in [0, 0.05) is 0 Å². The molecule has 0 aromatic rings. The summed E-state index contributed by atoms with van der Waals surface area (Å²) >= 11 is 0. The number of allylic oxidation sites excluding steroid dienone is 5. The number of halogens is 2. The van der Waals surface area contributed by atoms with Crippen molar-refractivity contribution in [3.8, 4) is 0 Å². The molecule has 0 amide bonds. The minimum Gasteiger partial charge on any atom is -0.207 e. The molecule has 0 atom stereocenters. The third kappa shape index (κ3) is 6.28. The van der Waals surface area contributed by atoms with E-state index in [1.165, 1.54) is 12.2 Å². The van der Waals surface area contributed by atoms with Gasteiger partial charge in [-0.15, -0.1) is 24.0 Å². The van der Waals surface area contributed by atoms with Crippen molar-refractivity contribution >= 4 is 24.0 Å². The molecule has 0 unspecified atom stereocenters. The van der Waals surface area contributed by atoms with Gasteiger partial charge in [0.25, 0.3) is 0 Å². The summed E-state index contributed by atoms with van der Waals surface area (Å²) in [6, 6.07) is 0. The SMILES string of the molecule is C=C/C(=C\C(F)=C/C)CC.I. The first-order valence-electron chi connectivity index (χ1n) is 3.39. The first-order valence-corrected chi connectivity index (χ1v) is 3.39. The average Bonchev–Trinajstić information content (AvgIpc) is 1.99. The third-order valence-corrected chi connectivity index (χ3v) is 1.27. The van der Waals surface area contributed by atoms with Gasteiger partial charge in [0.05, 0.1) is 0 Å². The van der Waals surface area contributed by atoms with Gasteiger partial charge >= 0.3 is 0 Å². The molecule has 64 valence electrons. The molecule has 0 aliphatic rings. The van der Waals surface area contributed by atoms with Gasteiger partial charge in [0.1, 0.15) is 5.83 Å². The zero-order valence-corrected chi connectivity index (χ0v) is 9.26. The van der Waals surface area contributed by atoms with E-state index < -0.39 is 0 Å². The maximum Gasteiger partial charge on any atom is 0.119 e. The van der Waals surface area contributed by atoms with Gasteiger partial charge in [-0.1, -0.05) is 25.7 Å². The van der Waals surface area contributed by atoms with E-state index in [2.05, 4.69) is 6.58 Å². The summed E-state index contributed by atoms with van der Waals surface area (Å²) in [5.74, 6) is -0.197. The van der Waals surface area contributed by atoms with Crippen molar-refractivity contribution in [1.82, 2.24) is 0 Å². The summed E-state index contributed by atoms with van der Waals surface area (Å²) in [6.07, 6.45) is 5.42. The van der Waals surface area contributed by atoms with Crippen LogP contribution < -0.4 is 0 Å². The summed E-state index contributed by atoms with van der Waals surface area (Å²) < 4.78 is 12.5. The van der Waals surface area contributed by atoms with E-state index in [4.69, 9.17) is 0 Å². The Hall–Kier alpha value is -0.120. The highest BCUT2D eigenvalue weighted by Gasteiger charge is 1.88. The van der Waals surface area contributed by atoms with Gasteiger partial charge in [0.15, 0.2) is 0 Å². The molecular formula is C9H14FI. The van der Waals surface area contributed by atoms with Crippen molar-refractivity contribution in [1.29, 1.82) is 0 Å². The highest BCUT2D eigenvalue weighted by Crippen LogP contribution is 2.07. The van der Waals surface area contributed by atoms with E-state index in [0.717, 1.165) is 12.0 Å². The second-order valence-corrected chi connectivity index (χ2v) is 1.95. The highest BCUT2D eigenvalue weighted by atomic mass is 127. The Morgan fingerprint density at radius 2 is 2.09 bits per heavy atom. The van der Waals surface area contributed by atoms with Gasteiger partial charge in [-0.25, -0.2) is 4.39 Å². The van der Waals surface area contributed by atoms with Crippen LogP contribution in [0.5, 0.6) is 0 Å². The number of hydrogen-bond acceptors (Lipinski definition) is 0. The molecule has 0 rings (SSSR count). The summed E-state index contributed by atoms with van der Waals surface area (Å²) in [5, 5.41) is 0. The van der Waals surface area contributed by atoms with Crippen LogP contribution in [0.2, 0.25) is 0 Å². The Morgan fingerprint density at radius 1 is 1.55 bits per heavy atom. The maximum absolute atomic E-state index is 12.5. The van der Waals surface area contributed by atoms with Crippen LogP contribution in [-0.4, -0.2) is 0 Å². The van der Waals surface area contributed by atoms with Crippen molar-refractivity contribution in [2.75, 3.05) is 0 Å². The van der Waals surface area contributed by atoms with Crippen molar-refractivity contribution in [2.24, 2.45) is 0 Å². The number of rotatable bonds is 3. The van der Waals surface area contributed by atoms with Gasteiger partial charge in [-0.3, -0.25) is 0 Å². The second-order valence-electron chi connectivity index (χ2n) is 1.95. The minimum absolute atomic E-state index is 0. The van der Waals surface area contributed by atoms with Gasteiger partial charge in [-0.05, 0) is 25.0 Å². The van der Waals surface area contributed by atoms with Crippen molar-refractivity contribution in [3.63, 3.8) is 0 Å². The monoisotopic (exact) mass is 268 g/mol. The lowest BCUT2D eigenvalue weighted by Crippen LogP contribution is -1.73. The lowest BCUT2D eigenvalue weighted by atomic mass is 10.2. The largest absolute Gasteiger partial charge is 0.207 e. The fourth-order valence-corrected chi connectivity index (χ4v) is 0.566. The fraction of sp³-hybridized carbons (Fsp3) is 0.333. The van der Waals surface area contributed by atoms with Crippen LogP contribution in [0, 0.1) is 0 Å². The smallest absolute Gasteiger partial charge is 0.119 e. The molecule has 0 spiro atoms. The predicted octanol–water partition coefficient (Wildman–Crippen LogP) is 4.00. The molecule has 0 aliphatic carbocycles. The van der Waals surface area contributed by atoms with Crippen LogP contribution in [0.3, 0.4) is 0 Å². The van der Waals surface area contributed by atoms with Crippen LogP contribution in [0.4, 0.5) is 4.39 Å². The lowest BCUT2D eigenvalue weighted by Gasteiger charge is -1.92. The fourth-order valence-electron chi connectivity index (χ4n) is 0.566. The Kier molecular flexibility index (Phi) is 9.77. The summed E-state index contributed by atoms with van der Waals surface area (Å²) in [5.41, 5.74) is 0.926. The quantitative estimate of drug-likeness (QED) is 0.536. The molecule has 0 nitrogen and oxygen atoms in total. The van der Waals surface area contributed by atoms with Crippen molar-refractivity contribution in [3.05, 3.63) is 36.2 Å². The Morgan fingerprint density at radius 3 is 2.36 bits per heavy atom.